The molecule has 4 nitrogen and oxygen atoms in total. The van der Waals surface area contributed by atoms with Crippen LogP contribution >= 0.6 is 11.3 Å². The Kier molecular flexibility index (Phi) is 4.61. The van der Waals surface area contributed by atoms with Crippen LogP contribution in [0, 0.1) is 0 Å². The van der Waals surface area contributed by atoms with Crippen LogP contribution in [-0.2, 0) is 0 Å². The van der Waals surface area contributed by atoms with Crippen LogP contribution in [0.25, 0.3) is 10.2 Å². The van der Waals surface area contributed by atoms with E-state index in [1.165, 1.54) is 0 Å². The molecular formula is C14H21N3OS. The fraction of sp³-hybridized carbons (Fsp3) is 0.500. The third kappa shape index (κ3) is 2.98. The molecule has 0 saturated heterocycles. The Morgan fingerprint density at radius 1 is 1.37 bits per heavy atom. The smallest absolute Gasteiger partial charge is 0.186 e. The van der Waals surface area contributed by atoms with E-state index >= 15 is 0 Å². The molecule has 0 bridgehead atoms. The lowest BCUT2D eigenvalue weighted by molar-refractivity contribution is 0.296. The van der Waals surface area contributed by atoms with E-state index in [-0.39, 0.29) is 6.61 Å². The average molecular weight is 279 g/mol. The lowest BCUT2D eigenvalue weighted by atomic mass is 10.1. The Balaban J connectivity index is 2.38. The number of benzene rings is 1. The average Bonchev–Trinajstić information content (AvgIpc) is 2.81. The Morgan fingerprint density at radius 3 is 2.74 bits per heavy atom. The third-order valence-corrected chi connectivity index (χ3v) is 4.43. The Morgan fingerprint density at radius 2 is 2.11 bits per heavy atom. The predicted molar refractivity (Wildman–Crippen MR) is 82.8 cm³/mol. The summed E-state index contributed by atoms with van der Waals surface area (Å²) in [5, 5.41) is 10.2. The van der Waals surface area contributed by atoms with E-state index in [4.69, 9.17) is 5.73 Å². The summed E-state index contributed by atoms with van der Waals surface area (Å²) in [6, 6.07) is 6.21. The lowest BCUT2D eigenvalue weighted by Crippen LogP contribution is -2.36. The van der Waals surface area contributed by atoms with Gasteiger partial charge in [-0.2, -0.15) is 0 Å². The molecular weight excluding hydrogens is 258 g/mol. The highest BCUT2D eigenvalue weighted by Gasteiger charge is 2.18. The number of nitrogens with two attached hydrogens (primary N) is 1. The Bertz CT molecular complexity index is 536. The van der Waals surface area contributed by atoms with Crippen LogP contribution in [0.5, 0.6) is 0 Å². The molecule has 0 fully saturated rings. The first-order valence-corrected chi connectivity index (χ1v) is 7.54. The number of rotatable bonds is 6. The van der Waals surface area contributed by atoms with Gasteiger partial charge in [0.05, 0.1) is 16.8 Å². The highest BCUT2D eigenvalue weighted by molar-refractivity contribution is 7.22. The molecule has 2 rings (SSSR count). The standard InChI is InChI=1S/C14H21N3OS/c1-3-11(4-2)17(7-8-18)14-16-12-6-5-10(15)9-13(12)19-14/h5-6,9,11,18H,3-4,7-8,15H2,1-2H3. The number of fused-ring (bicyclic) bond motifs is 1. The molecule has 5 heteroatoms. The van der Waals surface area contributed by atoms with Gasteiger partial charge in [0.2, 0.25) is 0 Å². The quantitative estimate of drug-likeness (QED) is 0.798. The molecule has 104 valence electrons. The summed E-state index contributed by atoms with van der Waals surface area (Å²) in [5.41, 5.74) is 7.54. The molecule has 0 aliphatic rings. The van der Waals surface area contributed by atoms with Crippen molar-refractivity contribution >= 4 is 32.4 Å². The van der Waals surface area contributed by atoms with Gasteiger partial charge in [-0.15, -0.1) is 0 Å². The first-order valence-electron chi connectivity index (χ1n) is 6.73. The maximum Gasteiger partial charge on any atom is 0.186 e. The summed E-state index contributed by atoms with van der Waals surface area (Å²) in [7, 11) is 0. The molecule has 0 saturated carbocycles. The van der Waals surface area contributed by atoms with Crippen molar-refractivity contribution in [1.29, 1.82) is 0 Å². The molecule has 0 spiro atoms. The summed E-state index contributed by atoms with van der Waals surface area (Å²) in [6.07, 6.45) is 2.10. The first-order chi connectivity index (χ1) is 9.19. The van der Waals surface area contributed by atoms with E-state index in [1.807, 2.05) is 18.2 Å². The van der Waals surface area contributed by atoms with Gasteiger partial charge in [0, 0.05) is 18.3 Å². The minimum absolute atomic E-state index is 0.147. The molecule has 0 amide bonds. The van der Waals surface area contributed by atoms with Gasteiger partial charge in [-0.1, -0.05) is 25.2 Å². The van der Waals surface area contributed by atoms with Crippen LogP contribution in [0.15, 0.2) is 18.2 Å². The zero-order valence-electron chi connectivity index (χ0n) is 11.5. The molecule has 19 heavy (non-hydrogen) atoms. The van der Waals surface area contributed by atoms with Gasteiger partial charge in [-0.25, -0.2) is 4.98 Å². The summed E-state index contributed by atoms with van der Waals surface area (Å²) in [5.74, 6) is 0. The second kappa shape index (κ2) is 6.21. The molecule has 3 N–H and O–H groups in total. The van der Waals surface area contributed by atoms with Crippen molar-refractivity contribution in [2.75, 3.05) is 23.8 Å². The Labute approximate surface area is 117 Å². The van der Waals surface area contributed by atoms with Crippen molar-refractivity contribution in [3.05, 3.63) is 18.2 Å². The molecule has 1 aromatic carbocycles. The van der Waals surface area contributed by atoms with Crippen LogP contribution in [-0.4, -0.2) is 29.3 Å². The van der Waals surface area contributed by atoms with E-state index < -0.39 is 0 Å². The number of nitrogens with zero attached hydrogens (tertiary/aromatic N) is 2. The van der Waals surface area contributed by atoms with Gasteiger partial charge < -0.3 is 15.7 Å². The number of nitrogen functional groups attached to an aromatic ring is 1. The van der Waals surface area contributed by atoms with Crippen molar-refractivity contribution in [2.24, 2.45) is 0 Å². The van der Waals surface area contributed by atoms with Crippen LogP contribution < -0.4 is 10.6 Å². The van der Waals surface area contributed by atoms with Gasteiger partial charge in [0.25, 0.3) is 0 Å². The monoisotopic (exact) mass is 279 g/mol. The van der Waals surface area contributed by atoms with E-state index in [2.05, 4.69) is 23.7 Å². The maximum atomic E-state index is 9.27. The van der Waals surface area contributed by atoms with E-state index in [1.54, 1.807) is 11.3 Å². The van der Waals surface area contributed by atoms with Crippen LogP contribution in [0.2, 0.25) is 0 Å². The van der Waals surface area contributed by atoms with Crippen molar-refractivity contribution in [3.8, 4) is 0 Å². The minimum Gasteiger partial charge on any atom is -0.399 e. The molecule has 2 aromatic rings. The summed E-state index contributed by atoms with van der Waals surface area (Å²) < 4.78 is 1.10. The highest BCUT2D eigenvalue weighted by Crippen LogP contribution is 2.31. The molecule has 0 aliphatic heterocycles. The van der Waals surface area contributed by atoms with Crippen LogP contribution in [0.3, 0.4) is 0 Å². The summed E-state index contributed by atoms with van der Waals surface area (Å²) in [4.78, 5) is 6.88. The summed E-state index contributed by atoms with van der Waals surface area (Å²) >= 11 is 1.64. The van der Waals surface area contributed by atoms with E-state index in [9.17, 15) is 5.11 Å². The van der Waals surface area contributed by atoms with Gasteiger partial charge >= 0.3 is 0 Å². The molecule has 0 atom stereocenters. The van der Waals surface area contributed by atoms with Crippen molar-refractivity contribution in [1.82, 2.24) is 4.98 Å². The van der Waals surface area contributed by atoms with Gasteiger partial charge in [-0.05, 0) is 31.0 Å². The topological polar surface area (TPSA) is 62.4 Å². The van der Waals surface area contributed by atoms with Crippen molar-refractivity contribution in [2.45, 2.75) is 32.7 Å². The van der Waals surface area contributed by atoms with Gasteiger partial charge in [0.1, 0.15) is 0 Å². The zero-order chi connectivity index (χ0) is 13.8. The second-order valence-corrected chi connectivity index (χ2v) is 5.62. The number of aromatic nitrogens is 1. The highest BCUT2D eigenvalue weighted by atomic mass is 32.1. The maximum absolute atomic E-state index is 9.27. The fourth-order valence-corrected chi connectivity index (χ4v) is 3.44. The third-order valence-electron chi connectivity index (χ3n) is 3.37. The van der Waals surface area contributed by atoms with E-state index in [0.29, 0.717) is 12.6 Å². The number of hydrogen-bond acceptors (Lipinski definition) is 5. The first kappa shape index (κ1) is 14.1. The SMILES string of the molecule is CCC(CC)N(CCO)c1nc2ccc(N)cc2s1. The summed E-state index contributed by atoms with van der Waals surface area (Å²) in [6.45, 7) is 5.11. The lowest BCUT2D eigenvalue weighted by Gasteiger charge is -2.29. The van der Waals surface area contributed by atoms with Crippen LogP contribution in [0.1, 0.15) is 26.7 Å². The number of thiazole rings is 1. The Hall–Kier alpha value is -1.33. The van der Waals surface area contributed by atoms with Gasteiger partial charge in [0.15, 0.2) is 5.13 Å². The van der Waals surface area contributed by atoms with E-state index in [0.717, 1.165) is 33.9 Å². The largest absolute Gasteiger partial charge is 0.399 e. The number of anilines is 2. The fourth-order valence-electron chi connectivity index (χ4n) is 2.32. The number of aliphatic hydroxyl groups excluding tert-OH is 1. The predicted octanol–water partition coefficient (Wildman–Crippen LogP) is 2.87. The molecule has 0 aliphatic carbocycles. The van der Waals surface area contributed by atoms with Gasteiger partial charge in [-0.3, -0.25) is 0 Å². The molecule has 1 aromatic heterocycles. The number of aliphatic hydroxyl groups is 1. The normalized spacial score (nSPS) is 11.4. The molecule has 1 heterocycles. The van der Waals surface area contributed by atoms with Crippen molar-refractivity contribution in [3.63, 3.8) is 0 Å². The zero-order valence-corrected chi connectivity index (χ0v) is 12.3. The second-order valence-electron chi connectivity index (χ2n) is 4.61. The minimum atomic E-state index is 0.147. The molecule has 0 radical (unpaired) electrons. The number of hydrogen-bond donors (Lipinski definition) is 2. The van der Waals surface area contributed by atoms with Crippen molar-refractivity contribution < 1.29 is 5.11 Å². The van der Waals surface area contributed by atoms with Crippen LogP contribution in [0.4, 0.5) is 10.8 Å². The molecule has 0 unspecified atom stereocenters.